The number of nitrogens with two attached hydrogens (primary N) is 2. The lowest BCUT2D eigenvalue weighted by Crippen LogP contribution is -2.43. The Labute approximate surface area is 227 Å². The molecule has 12 heteroatoms. The van der Waals surface area contributed by atoms with Gasteiger partial charge >= 0.3 is 0 Å². The van der Waals surface area contributed by atoms with E-state index < -0.39 is 23.8 Å². The van der Waals surface area contributed by atoms with Gasteiger partial charge in [-0.2, -0.15) is 4.37 Å². The van der Waals surface area contributed by atoms with Crippen LogP contribution >= 0.6 is 11.5 Å². The minimum absolute atomic E-state index is 0.0197. The molecular formula is C27H25N5O6S. The van der Waals surface area contributed by atoms with Gasteiger partial charge in [0, 0.05) is 13.1 Å². The van der Waals surface area contributed by atoms with Gasteiger partial charge in [-0.3, -0.25) is 14.4 Å². The van der Waals surface area contributed by atoms with E-state index in [1.807, 2.05) is 30.3 Å². The average molecular weight is 548 g/mol. The lowest BCUT2D eigenvalue weighted by Gasteiger charge is -2.30. The average Bonchev–Trinajstić information content (AvgIpc) is 3.67. The van der Waals surface area contributed by atoms with Gasteiger partial charge in [-0.1, -0.05) is 36.4 Å². The largest absolute Gasteiger partial charge is 0.464 e. The summed E-state index contributed by atoms with van der Waals surface area (Å²) < 4.78 is 20.7. The van der Waals surface area contributed by atoms with Crippen LogP contribution in [0.4, 0.5) is 5.69 Å². The van der Waals surface area contributed by atoms with Crippen LogP contribution in [0.1, 0.15) is 48.8 Å². The molecule has 1 aliphatic heterocycles. The van der Waals surface area contributed by atoms with E-state index in [4.69, 9.17) is 25.4 Å². The molecular weight excluding hydrogens is 522 g/mol. The molecule has 1 unspecified atom stereocenters. The van der Waals surface area contributed by atoms with Gasteiger partial charge in [0.05, 0.1) is 5.69 Å². The summed E-state index contributed by atoms with van der Waals surface area (Å²) in [5, 5.41) is 2.90. The second kappa shape index (κ2) is 10.9. The SMILES string of the molecule is Cc1ccc(C(C(=O)NCc2ccccc2)N(Cc2ccc3c(c2)OCO3)C(=O)c2snc(C(N)=O)c2N)o1. The Bertz CT molecular complexity index is 1530. The highest BCUT2D eigenvalue weighted by Crippen LogP contribution is 2.35. The molecule has 0 saturated carbocycles. The van der Waals surface area contributed by atoms with Crippen LogP contribution in [-0.4, -0.2) is 33.8 Å². The number of benzene rings is 2. The van der Waals surface area contributed by atoms with Gasteiger partial charge in [0.15, 0.2) is 23.2 Å². The number of carbonyl (C=O) groups is 3. The topological polar surface area (TPSA) is 163 Å². The van der Waals surface area contributed by atoms with Crippen molar-refractivity contribution in [3.05, 3.63) is 93.9 Å². The first-order valence-electron chi connectivity index (χ1n) is 11.9. The minimum atomic E-state index is -1.18. The van der Waals surface area contributed by atoms with E-state index in [1.54, 1.807) is 37.3 Å². The quantitative estimate of drug-likeness (QED) is 0.288. The van der Waals surface area contributed by atoms with Gasteiger partial charge in [0.2, 0.25) is 6.79 Å². The summed E-state index contributed by atoms with van der Waals surface area (Å²) in [5.74, 6) is -0.0334. The zero-order valence-electron chi connectivity index (χ0n) is 20.9. The molecule has 4 aromatic rings. The number of carbonyl (C=O) groups excluding carboxylic acids is 3. The molecule has 5 N–H and O–H groups in total. The van der Waals surface area contributed by atoms with Crippen molar-refractivity contribution < 1.29 is 28.3 Å². The van der Waals surface area contributed by atoms with Crippen LogP contribution in [0.2, 0.25) is 0 Å². The molecule has 0 radical (unpaired) electrons. The first-order chi connectivity index (χ1) is 18.8. The molecule has 1 atom stereocenters. The molecule has 200 valence electrons. The van der Waals surface area contributed by atoms with E-state index in [0.717, 1.165) is 17.1 Å². The fourth-order valence-corrected chi connectivity index (χ4v) is 4.94. The highest BCUT2D eigenvalue weighted by Gasteiger charge is 2.37. The Hall–Kier alpha value is -4.84. The van der Waals surface area contributed by atoms with Crippen molar-refractivity contribution in [2.45, 2.75) is 26.1 Å². The van der Waals surface area contributed by atoms with Gasteiger partial charge in [-0.25, -0.2) is 0 Å². The van der Waals surface area contributed by atoms with E-state index >= 15 is 0 Å². The van der Waals surface area contributed by atoms with Crippen LogP contribution in [0.25, 0.3) is 0 Å². The van der Waals surface area contributed by atoms with Gasteiger partial charge in [0.1, 0.15) is 16.4 Å². The number of aromatic nitrogens is 1. The summed E-state index contributed by atoms with van der Waals surface area (Å²) >= 11 is 0.737. The maximum atomic E-state index is 14.0. The monoisotopic (exact) mass is 547 g/mol. The lowest BCUT2D eigenvalue weighted by atomic mass is 10.1. The fraction of sp³-hybridized carbons (Fsp3) is 0.185. The van der Waals surface area contributed by atoms with E-state index in [0.29, 0.717) is 22.8 Å². The lowest BCUT2D eigenvalue weighted by molar-refractivity contribution is -0.126. The number of nitrogens with one attached hydrogen (secondary N) is 1. The standard InChI is InChI=1S/C27H25N5O6S/c1-15-7-9-19(38-15)23(26(34)30-12-16-5-3-2-4-6-16)32(13-17-8-10-18-20(11-17)37-14-36-18)27(35)24-21(28)22(25(29)33)31-39-24/h2-11,23H,12-14,28H2,1H3,(H2,29,33)(H,30,34). The predicted molar refractivity (Wildman–Crippen MR) is 142 cm³/mol. The molecule has 0 spiro atoms. The van der Waals surface area contributed by atoms with Gasteiger partial charge in [-0.05, 0) is 53.8 Å². The molecule has 3 amide bonds. The van der Waals surface area contributed by atoms with Crippen molar-refractivity contribution in [2.24, 2.45) is 5.73 Å². The molecule has 0 aliphatic carbocycles. The number of hydrogen-bond acceptors (Lipinski definition) is 9. The van der Waals surface area contributed by atoms with Crippen molar-refractivity contribution in [3.8, 4) is 11.5 Å². The second-order valence-electron chi connectivity index (χ2n) is 8.81. The third-order valence-corrected chi connectivity index (χ3v) is 6.96. The molecule has 0 saturated heterocycles. The number of primary amides is 1. The molecule has 3 heterocycles. The number of anilines is 1. The number of nitrogen functional groups attached to an aromatic ring is 1. The Morgan fingerprint density at radius 2 is 1.82 bits per heavy atom. The molecule has 0 bridgehead atoms. The van der Waals surface area contributed by atoms with Crippen LogP contribution in [0, 0.1) is 6.92 Å². The number of fused-ring (bicyclic) bond motifs is 1. The van der Waals surface area contributed by atoms with Crippen molar-refractivity contribution in [2.75, 3.05) is 12.5 Å². The first kappa shape index (κ1) is 25.8. The van der Waals surface area contributed by atoms with Crippen LogP contribution in [0.3, 0.4) is 0 Å². The van der Waals surface area contributed by atoms with Crippen molar-refractivity contribution in [1.29, 1.82) is 0 Å². The highest BCUT2D eigenvalue weighted by atomic mass is 32.1. The maximum Gasteiger partial charge on any atom is 0.270 e. The maximum absolute atomic E-state index is 14.0. The Morgan fingerprint density at radius 1 is 1.05 bits per heavy atom. The number of rotatable bonds is 9. The number of nitrogens with zero attached hydrogens (tertiary/aromatic N) is 2. The number of furan rings is 1. The number of hydrogen-bond donors (Lipinski definition) is 3. The molecule has 0 fully saturated rings. The van der Waals surface area contributed by atoms with Crippen molar-refractivity contribution in [3.63, 3.8) is 0 Å². The first-order valence-corrected chi connectivity index (χ1v) is 12.7. The summed E-state index contributed by atoms with van der Waals surface area (Å²) in [6.07, 6.45) is 0. The van der Waals surface area contributed by atoms with Gasteiger partial charge < -0.3 is 35.6 Å². The number of amides is 3. The Morgan fingerprint density at radius 3 is 2.51 bits per heavy atom. The van der Waals surface area contributed by atoms with Crippen LogP contribution in [0.15, 0.2) is 65.1 Å². The third-order valence-electron chi connectivity index (χ3n) is 6.11. The van der Waals surface area contributed by atoms with E-state index in [-0.39, 0.29) is 41.9 Å². The summed E-state index contributed by atoms with van der Waals surface area (Å²) in [7, 11) is 0. The molecule has 5 rings (SSSR count). The van der Waals surface area contributed by atoms with Crippen molar-refractivity contribution >= 4 is 34.9 Å². The molecule has 11 nitrogen and oxygen atoms in total. The van der Waals surface area contributed by atoms with Gasteiger partial charge in [-0.15, -0.1) is 0 Å². The normalized spacial score (nSPS) is 12.6. The number of aryl methyl sites for hydroxylation is 1. The van der Waals surface area contributed by atoms with Crippen LogP contribution in [0.5, 0.6) is 11.5 Å². The van der Waals surface area contributed by atoms with Gasteiger partial charge in [0.25, 0.3) is 17.7 Å². The smallest absolute Gasteiger partial charge is 0.270 e. The van der Waals surface area contributed by atoms with E-state index in [9.17, 15) is 14.4 Å². The summed E-state index contributed by atoms with van der Waals surface area (Å²) in [5.41, 5.74) is 12.7. The van der Waals surface area contributed by atoms with Crippen molar-refractivity contribution in [1.82, 2.24) is 14.6 Å². The van der Waals surface area contributed by atoms with E-state index in [1.165, 1.54) is 4.90 Å². The molecule has 2 aromatic carbocycles. The Kier molecular flexibility index (Phi) is 7.19. The molecule has 39 heavy (non-hydrogen) atoms. The zero-order valence-corrected chi connectivity index (χ0v) is 21.7. The second-order valence-corrected chi connectivity index (χ2v) is 9.59. The highest BCUT2D eigenvalue weighted by molar-refractivity contribution is 7.09. The minimum Gasteiger partial charge on any atom is -0.464 e. The molecule has 2 aromatic heterocycles. The summed E-state index contributed by atoms with van der Waals surface area (Å²) in [4.78, 5) is 40.9. The summed E-state index contributed by atoms with van der Waals surface area (Å²) in [6, 6.07) is 16.8. The van der Waals surface area contributed by atoms with Crippen LogP contribution < -0.4 is 26.3 Å². The number of ether oxygens (including phenoxy) is 2. The third kappa shape index (κ3) is 5.41. The predicted octanol–water partition coefficient (Wildman–Crippen LogP) is 3.15. The van der Waals surface area contributed by atoms with E-state index in [2.05, 4.69) is 9.69 Å². The zero-order chi connectivity index (χ0) is 27.5. The Balaban J connectivity index is 1.55. The fourth-order valence-electron chi connectivity index (χ4n) is 4.18. The summed E-state index contributed by atoms with van der Waals surface area (Å²) in [6.45, 7) is 2.04. The molecule has 1 aliphatic rings. The van der Waals surface area contributed by atoms with Crippen LogP contribution in [-0.2, 0) is 17.9 Å².